The first kappa shape index (κ1) is 25.9. The van der Waals surface area contributed by atoms with Crippen LogP contribution in [0.25, 0.3) is 95.3 Å². The van der Waals surface area contributed by atoms with Gasteiger partial charge in [-0.15, -0.1) is 22.7 Å². The van der Waals surface area contributed by atoms with Crippen LogP contribution in [-0.4, -0.2) is 0 Å². The summed E-state index contributed by atoms with van der Waals surface area (Å²) in [5.41, 5.74) is 10.7. The minimum atomic E-state index is 1.02. The SMILES string of the molecule is c1ccc2c(c1)Cc1cc(-c3ccc4cc(-c5ccc6cc7c(cc6c5)sc5c6cc8ccccc8cc6sc75)ccc4c3)ccc1-2. The Hall–Kier alpha value is -5.28. The number of hydrogen-bond donors (Lipinski definition) is 0. The lowest BCUT2D eigenvalue weighted by molar-refractivity contribution is 1.26. The lowest BCUT2D eigenvalue weighted by Crippen LogP contribution is -1.85. The second-order valence-electron chi connectivity index (χ2n) is 13.0. The van der Waals surface area contributed by atoms with Gasteiger partial charge in [-0.3, -0.25) is 0 Å². The molecule has 1 aliphatic rings. The average molecular weight is 631 g/mol. The second-order valence-corrected chi connectivity index (χ2v) is 15.1. The molecule has 0 spiro atoms. The lowest BCUT2D eigenvalue weighted by atomic mass is 9.95. The van der Waals surface area contributed by atoms with Crippen LogP contribution < -0.4 is 0 Å². The zero-order valence-corrected chi connectivity index (χ0v) is 27.0. The Balaban J connectivity index is 0.953. The molecule has 0 fully saturated rings. The van der Waals surface area contributed by atoms with Crippen molar-refractivity contribution in [2.45, 2.75) is 6.42 Å². The van der Waals surface area contributed by atoms with Crippen molar-refractivity contribution >= 4 is 84.6 Å². The Morgan fingerprint density at radius 2 is 0.809 bits per heavy atom. The molecule has 0 nitrogen and oxygen atoms in total. The monoisotopic (exact) mass is 630 g/mol. The number of benzene rings is 8. The van der Waals surface area contributed by atoms with Crippen molar-refractivity contribution < 1.29 is 0 Å². The quantitative estimate of drug-likeness (QED) is 0.178. The summed E-state index contributed by atoms with van der Waals surface area (Å²) in [5.74, 6) is 0. The van der Waals surface area contributed by atoms with E-state index < -0.39 is 0 Å². The zero-order chi connectivity index (χ0) is 30.6. The number of fused-ring (bicyclic) bond motifs is 11. The summed E-state index contributed by atoms with van der Waals surface area (Å²) >= 11 is 3.87. The van der Waals surface area contributed by atoms with Crippen LogP contribution in [0.3, 0.4) is 0 Å². The van der Waals surface area contributed by atoms with Crippen molar-refractivity contribution in [1.82, 2.24) is 0 Å². The standard InChI is InChI=1S/C45H26S2/c1-2-6-27-24-42-40(22-26(27)5-1)44-45(46-42)41-23-34-14-13-32(19-36(34)25-43(41)47-44)30-11-9-29-18-31(12-10-28(29)17-30)33-15-16-39-37(20-33)21-35-7-3-4-8-38(35)39/h1-20,22-25H,21H2. The molecule has 47 heavy (non-hydrogen) atoms. The van der Waals surface area contributed by atoms with Gasteiger partial charge in [0.2, 0.25) is 0 Å². The van der Waals surface area contributed by atoms with Gasteiger partial charge < -0.3 is 0 Å². The molecule has 2 aromatic heterocycles. The Kier molecular flexibility index (Phi) is 5.29. The van der Waals surface area contributed by atoms with Crippen LogP contribution in [-0.2, 0) is 6.42 Å². The highest BCUT2D eigenvalue weighted by atomic mass is 32.1. The van der Waals surface area contributed by atoms with Crippen LogP contribution in [0.15, 0.2) is 146 Å². The Bertz CT molecular complexity index is 2940. The Morgan fingerprint density at radius 1 is 0.340 bits per heavy atom. The highest BCUT2D eigenvalue weighted by molar-refractivity contribution is 7.36. The van der Waals surface area contributed by atoms with Gasteiger partial charge in [-0.05, 0) is 126 Å². The van der Waals surface area contributed by atoms with Crippen LogP contribution in [0, 0.1) is 0 Å². The van der Waals surface area contributed by atoms with E-state index in [0.29, 0.717) is 0 Å². The predicted molar refractivity (Wildman–Crippen MR) is 206 cm³/mol. The van der Waals surface area contributed by atoms with Crippen molar-refractivity contribution in [3.63, 3.8) is 0 Å². The van der Waals surface area contributed by atoms with E-state index in [9.17, 15) is 0 Å². The van der Waals surface area contributed by atoms with E-state index in [-0.39, 0.29) is 0 Å². The molecule has 0 saturated carbocycles. The average Bonchev–Trinajstić information content (AvgIpc) is 3.78. The summed E-state index contributed by atoms with van der Waals surface area (Å²) in [6.45, 7) is 0. The topological polar surface area (TPSA) is 0 Å². The molecule has 0 aliphatic heterocycles. The Labute approximate surface area is 279 Å². The van der Waals surface area contributed by atoms with Gasteiger partial charge in [0.15, 0.2) is 0 Å². The zero-order valence-electron chi connectivity index (χ0n) is 25.4. The van der Waals surface area contributed by atoms with E-state index in [2.05, 4.69) is 146 Å². The van der Waals surface area contributed by atoms with E-state index in [1.54, 1.807) is 0 Å². The van der Waals surface area contributed by atoms with Gasteiger partial charge in [-0.2, -0.15) is 0 Å². The molecule has 0 bridgehead atoms. The highest BCUT2D eigenvalue weighted by Gasteiger charge is 2.18. The summed E-state index contributed by atoms with van der Waals surface area (Å²) < 4.78 is 5.58. The van der Waals surface area contributed by atoms with Gasteiger partial charge in [0.25, 0.3) is 0 Å². The summed E-state index contributed by atoms with van der Waals surface area (Å²) in [5, 5.41) is 10.5. The van der Waals surface area contributed by atoms with Gasteiger partial charge in [0.05, 0.1) is 9.40 Å². The normalized spacial score (nSPS) is 12.6. The third kappa shape index (κ3) is 3.92. The van der Waals surface area contributed by atoms with E-state index in [0.717, 1.165) is 6.42 Å². The van der Waals surface area contributed by atoms with Crippen molar-refractivity contribution in [3.8, 4) is 33.4 Å². The molecule has 11 rings (SSSR count). The van der Waals surface area contributed by atoms with Gasteiger partial charge in [-0.25, -0.2) is 0 Å². The molecule has 0 amide bonds. The lowest BCUT2D eigenvalue weighted by Gasteiger charge is -2.09. The fourth-order valence-electron chi connectivity index (χ4n) is 7.80. The number of rotatable bonds is 2. The fourth-order valence-corrected chi connectivity index (χ4v) is 10.5. The first-order chi connectivity index (χ1) is 23.2. The first-order valence-corrected chi connectivity index (χ1v) is 17.8. The molecule has 2 heterocycles. The maximum absolute atomic E-state index is 2.40. The van der Waals surface area contributed by atoms with Gasteiger partial charge in [0.1, 0.15) is 0 Å². The molecule has 1 aliphatic carbocycles. The van der Waals surface area contributed by atoms with Gasteiger partial charge >= 0.3 is 0 Å². The molecule has 10 aromatic rings. The van der Waals surface area contributed by atoms with Crippen molar-refractivity contribution in [3.05, 3.63) is 157 Å². The smallest absolute Gasteiger partial charge is 0.0542 e. The summed E-state index contributed by atoms with van der Waals surface area (Å²) in [6.07, 6.45) is 1.02. The predicted octanol–water partition coefficient (Wildman–Crippen LogP) is 13.6. The third-order valence-electron chi connectivity index (χ3n) is 10.2. The molecule has 0 radical (unpaired) electrons. The summed E-state index contributed by atoms with van der Waals surface area (Å²) in [7, 11) is 0. The van der Waals surface area contributed by atoms with Crippen LogP contribution in [0.1, 0.15) is 11.1 Å². The maximum Gasteiger partial charge on any atom is 0.0542 e. The first-order valence-electron chi connectivity index (χ1n) is 16.2. The second kappa shape index (κ2) is 9.62. The summed E-state index contributed by atoms with van der Waals surface area (Å²) in [6, 6.07) is 54.8. The minimum Gasteiger partial charge on any atom is -0.134 e. The van der Waals surface area contributed by atoms with E-state index >= 15 is 0 Å². The molecular formula is C45H26S2. The highest BCUT2D eigenvalue weighted by Crippen LogP contribution is 2.46. The molecule has 0 saturated heterocycles. The molecule has 0 N–H and O–H groups in total. The molecule has 8 aromatic carbocycles. The molecular weight excluding hydrogens is 605 g/mol. The van der Waals surface area contributed by atoms with Crippen molar-refractivity contribution in [2.24, 2.45) is 0 Å². The molecule has 2 heteroatoms. The van der Waals surface area contributed by atoms with Gasteiger partial charge in [0, 0.05) is 20.2 Å². The van der Waals surface area contributed by atoms with Gasteiger partial charge in [-0.1, -0.05) is 103 Å². The van der Waals surface area contributed by atoms with E-state index in [1.807, 2.05) is 22.7 Å². The maximum atomic E-state index is 2.40. The molecule has 0 unspecified atom stereocenters. The number of thiophene rings is 2. The largest absolute Gasteiger partial charge is 0.134 e. The number of hydrogen-bond acceptors (Lipinski definition) is 2. The van der Waals surface area contributed by atoms with E-state index in [4.69, 9.17) is 0 Å². The van der Waals surface area contributed by atoms with E-state index in [1.165, 1.54) is 106 Å². The minimum absolute atomic E-state index is 1.02. The Morgan fingerprint density at radius 3 is 1.49 bits per heavy atom. The molecule has 218 valence electrons. The van der Waals surface area contributed by atoms with Crippen LogP contribution in [0.4, 0.5) is 0 Å². The van der Waals surface area contributed by atoms with Crippen LogP contribution in [0.5, 0.6) is 0 Å². The fraction of sp³-hybridized carbons (Fsp3) is 0.0222. The van der Waals surface area contributed by atoms with Crippen LogP contribution in [0.2, 0.25) is 0 Å². The third-order valence-corrected chi connectivity index (χ3v) is 12.7. The van der Waals surface area contributed by atoms with Crippen molar-refractivity contribution in [1.29, 1.82) is 0 Å². The summed E-state index contributed by atoms with van der Waals surface area (Å²) in [4.78, 5) is 0. The van der Waals surface area contributed by atoms with Crippen molar-refractivity contribution in [2.75, 3.05) is 0 Å². The molecule has 0 atom stereocenters. The van der Waals surface area contributed by atoms with Crippen LogP contribution >= 0.6 is 22.7 Å².